The van der Waals surface area contributed by atoms with Gasteiger partial charge in [-0.1, -0.05) is 30.2 Å². The number of rotatable bonds is 1. The highest BCUT2D eigenvalue weighted by atomic mass is 15.0. The van der Waals surface area contributed by atoms with E-state index in [1.54, 1.807) is 0 Å². The quantitative estimate of drug-likeness (QED) is 0.631. The maximum Gasteiger partial charge on any atom is 0.139 e. The van der Waals surface area contributed by atoms with Crippen molar-refractivity contribution in [2.75, 3.05) is 0 Å². The van der Waals surface area contributed by atoms with Crippen LogP contribution in [0.2, 0.25) is 0 Å². The highest BCUT2D eigenvalue weighted by molar-refractivity contribution is 5.54. The zero-order valence-electron chi connectivity index (χ0n) is 12.5. The van der Waals surface area contributed by atoms with Crippen LogP contribution >= 0.6 is 0 Å². The maximum absolute atomic E-state index is 7.78. The Balaban J connectivity index is 2.76. The van der Waals surface area contributed by atoms with Gasteiger partial charge < -0.3 is 4.57 Å². The summed E-state index contributed by atoms with van der Waals surface area (Å²) in [6, 6.07) is 0.217. The lowest BCUT2D eigenvalue weighted by molar-refractivity contribution is 0.925. The van der Waals surface area contributed by atoms with Crippen molar-refractivity contribution in [3.63, 3.8) is 0 Å². The molecule has 0 unspecified atom stereocenters. The number of benzene rings is 1. The van der Waals surface area contributed by atoms with Crippen molar-refractivity contribution >= 4 is 0 Å². The zero-order chi connectivity index (χ0) is 13.6. The normalized spacial score (nSPS) is 17.1. The van der Waals surface area contributed by atoms with E-state index in [-0.39, 0.29) is 47.9 Å². The topological polar surface area (TPSA) is 17.8 Å². The van der Waals surface area contributed by atoms with Crippen molar-refractivity contribution in [2.45, 2.75) is 0 Å². The monoisotopic (exact) mass is 164 g/mol. The second-order valence-corrected chi connectivity index (χ2v) is 2.30. The lowest BCUT2D eigenvalue weighted by Gasteiger charge is -1.99. The molecule has 2 heteroatoms. The molecule has 2 rings (SSSR count). The second kappa shape index (κ2) is 2.81. The van der Waals surface area contributed by atoms with Crippen molar-refractivity contribution in [1.82, 2.24) is 9.55 Å². The summed E-state index contributed by atoms with van der Waals surface area (Å²) < 4.78 is 46.7. The second-order valence-electron chi connectivity index (χ2n) is 2.30. The largest absolute Gasteiger partial charge is 0.334 e. The Morgan fingerprint density at radius 2 is 2.33 bits per heavy atom. The van der Waals surface area contributed by atoms with Crippen molar-refractivity contribution in [2.24, 2.45) is 7.05 Å². The molecular formula is C10H10N2. The van der Waals surface area contributed by atoms with Crippen molar-refractivity contribution in [3.05, 3.63) is 42.6 Å². The van der Waals surface area contributed by atoms with Crippen LogP contribution in [0.15, 0.2) is 42.6 Å². The van der Waals surface area contributed by atoms with Gasteiger partial charge in [0.1, 0.15) is 5.82 Å². The highest BCUT2D eigenvalue weighted by Crippen LogP contribution is 2.14. The molecule has 1 aromatic carbocycles. The summed E-state index contributed by atoms with van der Waals surface area (Å²) in [5.74, 6) is 0.192. The van der Waals surface area contributed by atoms with Gasteiger partial charge in [-0.15, -0.1) is 0 Å². The third-order valence-corrected chi connectivity index (χ3v) is 1.49. The lowest BCUT2D eigenvalue weighted by atomic mass is 10.2. The van der Waals surface area contributed by atoms with Crippen molar-refractivity contribution in [1.29, 1.82) is 0 Å². The summed E-state index contributed by atoms with van der Waals surface area (Å²) in [6.45, 7) is 0. The van der Waals surface area contributed by atoms with E-state index in [1.807, 2.05) is 0 Å². The van der Waals surface area contributed by atoms with Crippen LogP contribution in [0, 0.1) is 0 Å². The van der Waals surface area contributed by atoms with Gasteiger partial charge in [-0.2, -0.15) is 0 Å². The minimum Gasteiger partial charge on any atom is -0.334 e. The summed E-state index contributed by atoms with van der Waals surface area (Å²) in [6.07, 6.45) is -0.322. The van der Waals surface area contributed by atoms with Crippen LogP contribution in [0.1, 0.15) is 8.22 Å². The van der Waals surface area contributed by atoms with E-state index in [0.717, 1.165) is 0 Å². The number of nitrogens with zero attached hydrogens (tertiary/aromatic N) is 2. The summed E-state index contributed by atoms with van der Waals surface area (Å²) in [4.78, 5) is 3.85. The molecule has 0 fully saturated rings. The van der Waals surface area contributed by atoms with E-state index in [1.165, 1.54) is 17.7 Å². The third-order valence-electron chi connectivity index (χ3n) is 1.49. The number of aromatic nitrogens is 2. The Morgan fingerprint density at radius 1 is 1.42 bits per heavy atom. The van der Waals surface area contributed by atoms with E-state index in [2.05, 4.69) is 4.98 Å². The molecule has 60 valence electrons. The zero-order valence-corrected chi connectivity index (χ0v) is 6.47. The molecule has 0 bridgehead atoms. The fourth-order valence-corrected chi connectivity index (χ4v) is 0.921. The van der Waals surface area contributed by atoms with Crippen LogP contribution in [-0.2, 0) is 7.05 Å². The number of imidazole rings is 1. The van der Waals surface area contributed by atoms with Gasteiger partial charge in [0.05, 0.1) is 8.22 Å². The molecule has 0 aliphatic rings. The minimum absolute atomic E-state index is 0.0996. The molecule has 1 aromatic heterocycles. The van der Waals surface area contributed by atoms with E-state index < -0.39 is 0 Å². The summed E-state index contributed by atoms with van der Waals surface area (Å²) in [5.41, 5.74) is 0.190. The predicted molar refractivity (Wildman–Crippen MR) is 48.6 cm³/mol. The fraction of sp³-hybridized carbons (Fsp3) is 0.100. The van der Waals surface area contributed by atoms with Crippen LogP contribution in [0.3, 0.4) is 0 Å². The van der Waals surface area contributed by atoms with Crippen molar-refractivity contribution in [3.8, 4) is 11.4 Å². The average Bonchev–Trinajstić information content (AvgIpc) is 2.59. The molecule has 0 radical (unpaired) electrons. The first-order valence-electron chi connectivity index (χ1n) is 6.42. The van der Waals surface area contributed by atoms with Crippen LogP contribution in [-0.4, -0.2) is 9.55 Å². The van der Waals surface area contributed by atoms with E-state index in [4.69, 9.17) is 8.22 Å². The smallest absolute Gasteiger partial charge is 0.139 e. The van der Waals surface area contributed by atoms with Crippen LogP contribution in [0.25, 0.3) is 11.4 Å². The van der Waals surface area contributed by atoms with Gasteiger partial charge in [0, 0.05) is 25.0 Å². The molecule has 0 aliphatic carbocycles. The van der Waals surface area contributed by atoms with Crippen LogP contribution in [0.4, 0.5) is 0 Å². The summed E-state index contributed by atoms with van der Waals surface area (Å²) in [5, 5.41) is 0. The van der Waals surface area contributed by atoms with Gasteiger partial charge in [0.2, 0.25) is 0 Å². The molecule has 0 saturated carbocycles. The van der Waals surface area contributed by atoms with Gasteiger partial charge in [-0.05, 0) is 0 Å². The molecule has 1 heterocycles. The molecule has 12 heavy (non-hydrogen) atoms. The van der Waals surface area contributed by atoms with Gasteiger partial charge in [0.15, 0.2) is 0 Å². The van der Waals surface area contributed by atoms with Gasteiger partial charge in [-0.25, -0.2) is 4.98 Å². The highest BCUT2D eigenvalue weighted by Gasteiger charge is 1.99. The number of hydrogen-bond acceptors (Lipinski definition) is 1. The fourth-order valence-electron chi connectivity index (χ4n) is 0.921. The number of hydrogen-bond donors (Lipinski definition) is 0. The predicted octanol–water partition coefficient (Wildman–Crippen LogP) is 2.09. The van der Waals surface area contributed by atoms with Gasteiger partial charge >= 0.3 is 0 Å². The first kappa shape index (κ1) is 3.05. The Labute approximate surface area is 79.9 Å². The summed E-state index contributed by atoms with van der Waals surface area (Å²) in [7, 11) is 1.53. The third kappa shape index (κ3) is 1.11. The Kier molecular flexibility index (Phi) is 0.716. The van der Waals surface area contributed by atoms with E-state index in [9.17, 15) is 0 Å². The molecule has 0 N–H and O–H groups in total. The Hall–Kier alpha value is -1.57. The Morgan fingerprint density at radius 3 is 3.08 bits per heavy atom. The summed E-state index contributed by atoms with van der Waals surface area (Å²) >= 11 is 0. The maximum atomic E-state index is 7.78. The molecule has 0 atom stereocenters. The molecule has 2 nitrogen and oxygen atoms in total. The van der Waals surface area contributed by atoms with E-state index >= 15 is 0 Å². The molecule has 0 spiro atoms. The standard InChI is InChI=1S/C10H10N2/c1-12-8-7-11-10(12)9-5-3-2-4-6-9/h2-8H,1H3/i2D,3D,4D,5D,7D,8D. The molecule has 0 aliphatic heterocycles. The minimum atomic E-state index is -0.349. The SMILES string of the molecule is [2H]c1cc(-c2nc([2H])c([2H])n2C)c([2H])c([2H])c1[2H]. The van der Waals surface area contributed by atoms with Gasteiger partial charge in [0.25, 0.3) is 0 Å². The molecule has 0 saturated heterocycles. The first-order valence-corrected chi connectivity index (χ1v) is 3.42. The average molecular weight is 164 g/mol. The Bertz CT molecular complexity index is 634. The lowest BCUT2D eigenvalue weighted by Crippen LogP contribution is -1.89. The molecular weight excluding hydrogens is 148 g/mol. The van der Waals surface area contributed by atoms with Gasteiger partial charge in [-0.3, -0.25) is 0 Å². The van der Waals surface area contributed by atoms with Crippen LogP contribution < -0.4 is 0 Å². The molecule has 2 aromatic rings. The first-order chi connectivity index (χ1) is 8.34. The van der Waals surface area contributed by atoms with E-state index in [0.29, 0.717) is 0 Å². The molecule has 0 amide bonds. The van der Waals surface area contributed by atoms with Crippen LogP contribution in [0.5, 0.6) is 0 Å². The van der Waals surface area contributed by atoms with Crippen molar-refractivity contribution < 1.29 is 8.22 Å².